The number of carbonyl (C=O) groups is 2. The average molecular weight is 290 g/mol. The molecule has 1 fully saturated rings. The van der Waals surface area contributed by atoms with Gasteiger partial charge in [0.25, 0.3) is 0 Å². The van der Waals surface area contributed by atoms with Crippen molar-refractivity contribution in [3.63, 3.8) is 0 Å². The van der Waals surface area contributed by atoms with E-state index in [2.05, 4.69) is 10.5 Å². The lowest BCUT2D eigenvalue weighted by Gasteiger charge is -2.19. The summed E-state index contributed by atoms with van der Waals surface area (Å²) in [7, 11) is 0. The summed E-state index contributed by atoms with van der Waals surface area (Å²) in [6.45, 7) is 1.84. The Hall–Kier alpha value is -1.91. The van der Waals surface area contributed by atoms with Gasteiger partial charge in [-0.1, -0.05) is 19.3 Å². The number of amides is 1. The summed E-state index contributed by atoms with van der Waals surface area (Å²) in [5.41, 5.74) is 2.42. The number of hydrogen-bond acceptors (Lipinski definition) is 4. The third-order valence-electron chi connectivity index (χ3n) is 3.80. The van der Waals surface area contributed by atoms with E-state index >= 15 is 0 Å². The molecule has 0 unspecified atom stereocenters. The first-order chi connectivity index (χ1) is 10.1. The molecule has 5 heteroatoms. The Morgan fingerprint density at radius 1 is 1.29 bits per heavy atom. The zero-order chi connectivity index (χ0) is 15.1. The van der Waals surface area contributed by atoms with Crippen molar-refractivity contribution in [3.8, 4) is 0 Å². The van der Waals surface area contributed by atoms with Crippen molar-refractivity contribution < 1.29 is 14.0 Å². The van der Waals surface area contributed by atoms with Gasteiger partial charge in [-0.15, -0.1) is 0 Å². The minimum atomic E-state index is -0.237. The monoisotopic (exact) mass is 290 g/mol. The van der Waals surface area contributed by atoms with Gasteiger partial charge in [-0.2, -0.15) is 5.10 Å². The van der Waals surface area contributed by atoms with Crippen LogP contribution < -0.4 is 5.43 Å². The summed E-state index contributed by atoms with van der Waals surface area (Å²) in [6.07, 6.45) is 7.42. The number of carbonyl (C=O) groups excluding carboxylic acids is 2. The first-order valence-corrected chi connectivity index (χ1v) is 7.56. The normalized spacial score (nSPS) is 16.2. The zero-order valence-corrected chi connectivity index (χ0v) is 12.4. The second-order valence-corrected chi connectivity index (χ2v) is 5.54. The van der Waals surface area contributed by atoms with Gasteiger partial charge >= 0.3 is 0 Å². The highest BCUT2D eigenvalue weighted by molar-refractivity contribution is 5.87. The van der Waals surface area contributed by atoms with Gasteiger partial charge in [0.05, 0.1) is 6.21 Å². The average Bonchev–Trinajstić information content (AvgIpc) is 2.91. The maximum absolute atomic E-state index is 12.0. The van der Waals surface area contributed by atoms with Crippen LogP contribution in [0.25, 0.3) is 0 Å². The molecule has 0 saturated heterocycles. The van der Waals surface area contributed by atoms with Crippen molar-refractivity contribution in [2.45, 2.75) is 51.9 Å². The fraction of sp³-hybridized carbons (Fsp3) is 0.562. The molecule has 0 atom stereocenters. The fourth-order valence-electron chi connectivity index (χ4n) is 2.61. The number of hydrazone groups is 1. The van der Waals surface area contributed by atoms with E-state index in [0.717, 1.165) is 31.4 Å². The topological polar surface area (TPSA) is 71.7 Å². The Balaban J connectivity index is 1.67. The summed E-state index contributed by atoms with van der Waals surface area (Å²) < 4.78 is 5.29. The standard InChI is InChI=1S/C16H22N2O3/c1-12-7-8-14(21-12)11-17-18-16(20)10-9-15(19)13-5-3-2-4-6-13/h7-8,11,13H,2-6,9-10H2,1H3,(H,18,20)/b17-11+. The third-order valence-corrected chi connectivity index (χ3v) is 3.80. The minimum absolute atomic E-state index is 0.168. The molecule has 2 rings (SSSR count). The zero-order valence-electron chi connectivity index (χ0n) is 12.4. The van der Waals surface area contributed by atoms with Crippen LogP contribution in [0.1, 0.15) is 56.5 Å². The highest BCUT2D eigenvalue weighted by Crippen LogP contribution is 2.25. The van der Waals surface area contributed by atoms with Gasteiger partial charge in [-0.3, -0.25) is 9.59 Å². The largest absolute Gasteiger partial charge is 0.460 e. The second kappa shape index (κ2) is 7.76. The fourth-order valence-corrected chi connectivity index (χ4v) is 2.61. The molecule has 1 aromatic rings. The number of hydrogen-bond donors (Lipinski definition) is 1. The number of nitrogens with one attached hydrogen (secondary N) is 1. The van der Waals surface area contributed by atoms with Gasteiger partial charge in [0.1, 0.15) is 17.3 Å². The molecule has 0 aromatic carbocycles. The first-order valence-electron chi connectivity index (χ1n) is 7.56. The molecule has 1 aliphatic rings. The number of Topliss-reactive ketones (excluding diaryl/α,β-unsaturated/α-hetero) is 1. The Kier molecular flexibility index (Phi) is 5.72. The molecule has 0 radical (unpaired) electrons. The second-order valence-electron chi connectivity index (χ2n) is 5.54. The lowest BCUT2D eigenvalue weighted by molar-refractivity contribution is -0.127. The molecule has 21 heavy (non-hydrogen) atoms. The van der Waals surface area contributed by atoms with Crippen LogP contribution in [0.3, 0.4) is 0 Å². The van der Waals surface area contributed by atoms with E-state index in [1.165, 1.54) is 12.6 Å². The Bertz CT molecular complexity index is 513. The van der Waals surface area contributed by atoms with E-state index in [9.17, 15) is 9.59 Å². The lowest BCUT2D eigenvalue weighted by atomic mass is 9.85. The van der Waals surface area contributed by atoms with Crippen LogP contribution >= 0.6 is 0 Å². The molecule has 0 aliphatic heterocycles. The van der Waals surface area contributed by atoms with Gasteiger partial charge in [0, 0.05) is 18.8 Å². The van der Waals surface area contributed by atoms with Gasteiger partial charge in [0.2, 0.25) is 5.91 Å². The number of rotatable bonds is 6. The molecule has 0 spiro atoms. The molecule has 1 aromatic heterocycles. The summed E-state index contributed by atoms with van der Waals surface area (Å²) in [4.78, 5) is 23.6. The van der Waals surface area contributed by atoms with E-state index in [-0.39, 0.29) is 24.0 Å². The molecule has 0 bridgehead atoms. The lowest BCUT2D eigenvalue weighted by Crippen LogP contribution is -2.22. The maximum atomic E-state index is 12.0. The molecule has 114 valence electrons. The number of nitrogens with zero attached hydrogens (tertiary/aromatic N) is 1. The molecule has 1 amide bonds. The molecule has 1 heterocycles. The Morgan fingerprint density at radius 2 is 2.05 bits per heavy atom. The predicted molar refractivity (Wildman–Crippen MR) is 80.0 cm³/mol. The van der Waals surface area contributed by atoms with Crippen LogP contribution in [-0.2, 0) is 9.59 Å². The van der Waals surface area contributed by atoms with E-state index in [1.54, 1.807) is 6.07 Å². The molecule has 1 saturated carbocycles. The number of ketones is 1. The number of furan rings is 1. The molecule has 1 aliphatic carbocycles. The van der Waals surface area contributed by atoms with Gasteiger partial charge in [-0.05, 0) is 31.9 Å². The van der Waals surface area contributed by atoms with E-state index in [4.69, 9.17) is 4.42 Å². The first kappa shape index (κ1) is 15.5. The van der Waals surface area contributed by atoms with Crippen molar-refractivity contribution in [2.75, 3.05) is 0 Å². The van der Waals surface area contributed by atoms with Crippen molar-refractivity contribution in [3.05, 3.63) is 23.7 Å². The van der Waals surface area contributed by atoms with Crippen molar-refractivity contribution in [2.24, 2.45) is 11.0 Å². The minimum Gasteiger partial charge on any atom is -0.460 e. The summed E-state index contributed by atoms with van der Waals surface area (Å²) in [5, 5.41) is 3.82. The predicted octanol–water partition coefficient (Wildman–Crippen LogP) is 2.97. The van der Waals surface area contributed by atoms with E-state index in [1.807, 2.05) is 13.0 Å². The quantitative estimate of drug-likeness (QED) is 0.646. The molecular formula is C16H22N2O3. The van der Waals surface area contributed by atoms with Crippen molar-refractivity contribution in [1.82, 2.24) is 5.43 Å². The van der Waals surface area contributed by atoms with Crippen LogP contribution in [0.5, 0.6) is 0 Å². The van der Waals surface area contributed by atoms with Gasteiger partial charge < -0.3 is 4.42 Å². The molecule has 1 N–H and O–H groups in total. The summed E-state index contributed by atoms with van der Waals surface area (Å²) in [5.74, 6) is 1.53. The van der Waals surface area contributed by atoms with Gasteiger partial charge in [0.15, 0.2) is 0 Å². The number of aryl methyl sites for hydroxylation is 1. The highest BCUT2D eigenvalue weighted by atomic mass is 16.3. The van der Waals surface area contributed by atoms with Crippen LogP contribution in [0.2, 0.25) is 0 Å². The maximum Gasteiger partial charge on any atom is 0.240 e. The molecular weight excluding hydrogens is 268 g/mol. The van der Waals surface area contributed by atoms with Crippen LogP contribution in [-0.4, -0.2) is 17.9 Å². The third kappa shape index (κ3) is 5.17. The van der Waals surface area contributed by atoms with Gasteiger partial charge in [-0.25, -0.2) is 5.43 Å². The van der Waals surface area contributed by atoms with Crippen LogP contribution in [0.15, 0.2) is 21.7 Å². The smallest absolute Gasteiger partial charge is 0.240 e. The summed E-state index contributed by atoms with van der Waals surface area (Å²) >= 11 is 0. The Labute approximate surface area is 124 Å². The van der Waals surface area contributed by atoms with Crippen molar-refractivity contribution in [1.29, 1.82) is 0 Å². The molecule has 5 nitrogen and oxygen atoms in total. The Morgan fingerprint density at radius 3 is 2.71 bits per heavy atom. The van der Waals surface area contributed by atoms with Crippen molar-refractivity contribution >= 4 is 17.9 Å². The summed E-state index contributed by atoms with van der Waals surface area (Å²) in [6, 6.07) is 3.60. The highest BCUT2D eigenvalue weighted by Gasteiger charge is 2.21. The van der Waals surface area contributed by atoms with Crippen LogP contribution in [0.4, 0.5) is 0 Å². The van der Waals surface area contributed by atoms with E-state index in [0.29, 0.717) is 12.2 Å². The SMILES string of the molecule is Cc1ccc(/C=N/NC(=O)CCC(=O)C2CCCCC2)o1. The van der Waals surface area contributed by atoms with E-state index < -0.39 is 0 Å². The van der Waals surface area contributed by atoms with Crippen LogP contribution in [0, 0.1) is 12.8 Å².